The van der Waals surface area contributed by atoms with Crippen LogP contribution in [-0.2, 0) is 20.8 Å². The summed E-state index contributed by atoms with van der Waals surface area (Å²) in [5.74, 6) is -0.820. The Balaban J connectivity index is 1.41. The number of rotatable bonds is 5. The Bertz CT molecular complexity index is 944. The fourth-order valence-electron chi connectivity index (χ4n) is 3.50. The van der Waals surface area contributed by atoms with Crippen molar-refractivity contribution in [1.82, 2.24) is 4.90 Å². The van der Waals surface area contributed by atoms with E-state index in [9.17, 15) is 9.59 Å². The molecule has 1 amide bonds. The lowest BCUT2D eigenvalue weighted by molar-refractivity contribution is -0.127. The van der Waals surface area contributed by atoms with Gasteiger partial charge in [-0.1, -0.05) is 36.4 Å². The zero-order valence-electron chi connectivity index (χ0n) is 17.5. The van der Waals surface area contributed by atoms with E-state index in [0.29, 0.717) is 31.3 Å². The van der Waals surface area contributed by atoms with Crippen molar-refractivity contribution in [3.8, 4) is 11.5 Å². The van der Waals surface area contributed by atoms with Gasteiger partial charge in [0, 0.05) is 20.4 Å². The van der Waals surface area contributed by atoms with Gasteiger partial charge in [-0.3, -0.25) is 4.90 Å². The molecule has 0 radical (unpaired) electrons. The van der Waals surface area contributed by atoms with Crippen molar-refractivity contribution < 1.29 is 33.3 Å². The van der Waals surface area contributed by atoms with Crippen LogP contribution in [0, 0.1) is 0 Å². The minimum atomic E-state index is -1.04. The number of ether oxygens (including phenoxy) is 5. The number of morpholine rings is 1. The summed E-state index contributed by atoms with van der Waals surface area (Å²) in [6.07, 6.45) is -0.430. The second-order valence-electron chi connectivity index (χ2n) is 7.79. The molecular formula is C23H25NO7. The molecule has 164 valence electrons. The predicted molar refractivity (Wildman–Crippen MR) is 110 cm³/mol. The summed E-state index contributed by atoms with van der Waals surface area (Å²) in [5, 5.41) is 0. The van der Waals surface area contributed by atoms with Gasteiger partial charge in [0.05, 0.1) is 19.3 Å². The molecule has 0 unspecified atom stereocenters. The van der Waals surface area contributed by atoms with E-state index in [4.69, 9.17) is 23.7 Å². The lowest BCUT2D eigenvalue weighted by Gasteiger charge is -2.35. The molecule has 2 heterocycles. The fraction of sp³-hybridized carbons (Fsp3) is 0.391. The molecule has 0 aromatic heterocycles. The normalized spacial score (nSPS) is 19.6. The van der Waals surface area contributed by atoms with E-state index in [-0.39, 0.29) is 24.8 Å². The van der Waals surface area contributed by atoms with Gasteiger partial charge >= 0.3 is 12.1 Å². The van der Waals surface area contributed by atoms with Gasteiger partial charge in [0.25, 0.3) is 0 Å². The first kappa shape index (κ1) is 21.0. The average molecular weight is 427 g/mol. The zero-order chi connectivity index (χ0) is 21.8. The van der Waals surface area contributed by atoms with E-state index in [1.54, 1.807) is 36.9 Å². The van der Waals surface area contributed by atoms with Gasteiger partial charge in [0.2, 0.25) is 5.79 Å². The summed E-state index contributed by atoms with van der Waals surface area (Å²) < 4.78 is 27.9. The van der Waals surface area contributed by atoms with Gasteiger partial charge in [-0.15, -0.1) is 0 Å². The quantitative estimate of drug-likeness (QED) is 0.677. The monoisotopic (exact) mass is 427 g/mol. The molecule has 2 aromatic carbocycles. The van der Waals surface area contributed by atoms with Crippen molar-refractivity contribution in [2.24, 2.45) is 0 Å². The Morgan fingerprint density at radius 3 is 2.74 bits per heavy atom. The number of carbonyl (C=O) groups excluding carboxylic acids is 2. The van der Waals surface area contributed by atoms with Crippen LogP contribution in [-0.4, -0.2) is 55.2 Å². The highest BCUT2D eigenvalue weighted by atomic mass is 16.7. The molecule has 0 N–H and O–H groups in total. The number of benzene rings is 2. The largest absolute Gasteiger partial charge is 0.490 e. The molecule has 1 saturated heterocycles. The molecule has 0 bridgehead atoms. The van der Waals surface area contributed by atoms with Crippen LogP contribution in [0.5, 0.6) is 11.5 Å². The van der Waals surface area contributed by atoms with Gasteiger partial charge in [0.15, 0.2) is 0 Å². The summed E-state index contributed by atoms with van der Waals surface area (Å²) in [5.41, 5.74) is 1.14. The lowest BCUT2D eigenvalue weighted by atomic mass is 10.1. The minimum absolute atomic E-state index is 0.133. The number of nitrogens with zero attached hydrogens (tertiary/aromatic N) is 1. The summed E-state index contributed by atoms with van der Waals surface area (Å²) in [7, 11) is 0. The zero-order valence-corrected chi connectivity index (χ0v) is 17.5. The van der Waals surface area contributed by atoms with Gasteiger partial charge in [-0.25, -0.2) is 9.59 Å². The second-order valence-corrected chi connectivity index (χ2v) is 7.79. The van der Waals surface area contributed by atoms with E-state index in [1.165, 1.54) is 0 Å². The third-order valence-electron chi connectivity index (χ3n) is 4.98. The first-order valence-corrected chi connectivity index (χ1v) is 10.2. The van der Waals surface area contributed by atoms with Crippen LogP contribution >= 0.6 is 0 Å². The lowest BCUT2D eigenvalue weighted by Crippen LogP contribution is -2.51. The summed E-state index contributed by atoms with van der Waals surface area (Å²) in [4.78, 5) is 26.7. The summed E-state index contributed by atoms with van der Waals surface area (Å²) in [6.45, 7) is 4.78. The minimum Gasteiger partial charge on any atom is -0.490 e. The molecule has 0 saturated carbocycles. The maximum Gasteiger partial charge on any atom is 0.410 e. The second kappa shape index (κ2) is 8.85. The third kappa shape index (κ3) is 4.91. The number of carbonyl (C=O) groups is 2. The Morgan fingerprint density at radius 1 is 1.13 bits per heavy atom. The Morgan fingerprint density at radius 2 is 1.94 bits per heavy atom. The number of cyclic esters (lactones) is 1. The van der Waals surface area contributed by atoms with Crippen LogP contribution in [0.4, 0.5) is 4.79 Å². The van der Waals surface area contributed by atoms with Crippen LogP contribution in [0.15, 0.2) is 48.5 Å². The van der Waals surface area contributed by atoms with Crippen molar-refractivity contribution in [3.63, 3.8) is 0 Å². The van der Waals surface area contributed by atoms with E-state index < -0.39 is 17.8 Å². The molecule has 8 nitrogen and oxygen atoms in total. The molecule has 1 atom stereocenters. The van der Waals surface area contributed by atoms with E-state index in [2.05, 4.69) is 0 Å². The Hall–Kier alpha value is -3.26. The third-order valence-corrected chi connectivity index (χ3v) is 4.98. The SMILES string of the molecule is CC1(C)OC(=O)c2c(OC[C@@H]3COCCN3C(=O)OCc3ccccc3)cccc2O1. The molecule has 2 aliphatic rings. The fourth-order valence-corrected chi connectivity index (χ4v) is 3.50. The van der Waals surface area contributed by atoms with Crippen LogP contribution < -0.4 is 9.47 Å². The number of amides is 1. The topological polar surface area (TPSA) is 83.5 Å². The highest BCUT2D eigenvalue weighted by molar-refractivity contribution is 5.96. The van der Waals surface area contributed by atoms with Crippen molar-refractivity contribution in [2.45, 2.75) is 32.3 Å². The number of hydrogen-bond donors (Lipinski definition) is 0. The molecule has 0 aliphatic carbocycles. The highest BCUT2D eigenvalue weighted by Crippen LogP contribution is 2.37. The van der Waals surface area contributed by atoms with Crippen LogP contribution in [0.1, 0.15) is 29.8 Å². The van der Waals surface area contributed by atoms with Crippen LogP contribution in [0.3, 0.4) is 0 Å². The standard InChI is InChI=1S/C23H25NO7/c1-23(2)30-19-10-6-9-18(20(19)21(25)31-23)28-15-17-14-27-12-11-24(17)22(26)29-13-16-7-4-3-5-8-16/h3-10,17H,11-15H2,1-2H3/t17-/m0/s1. The van der Waals surface area contributed by atoms with Crippen molar-refractivity contribution in [3.05, 3.63) is 59.7 Å². The van der Waals surface area contributed by atoms with Gasteiger partial charge in [-0.2, -0.15) is 0 Å². The summed E-state index contributed by atoms with van der Waals surface area (Å²) in [6, 6.07) is 14.2. The molecule has 1 fully saturated rings. The Kier molecular flexibility index (Phi) is 5.99. The van der Waals surface area contributed by atoms with Crippen molar-refractivity contribution in [1.29, 1.82) is 0 Å². The average Bonchev–Trinajstić information content (AvgIpc) is 2.76. The van der Waals surface area contributed by atoms with Gasteiger partial charge < -0.3 is 23.7 Å². The molecule has 4 rings (SSSR count). The molecule has 2 aromatic rings. The van der Waals surface area contributed by atoms with Crippen LogP contribution in [0.25, 0.3) is 0 Å². The molecular weight excluding hydrogens is 402 g/mol. The first-order valence-electron chi connectivity index (χ1n) is 10.2. The molecule has 31 heavy (non-hydrogen) atoms. The number of esters is 1. The highest BCUT2D eigenvalue weighted by Gasteiger charge is 2.36. The summed E-state index contributed by atoms with van der Waals surface area (Å²) >= 11 is 0. The smallest absolute Gasteiger partial charge is 0.410 e. The first-order chi connectivity index (χ1) is 14.9. The maximum atomic E-state index is 12.6. The molecule has 2 aliphatic heterocycles. The van der Waals surface area contributed by atoms with Crippen molar-refractivity contribution in [2.75, 3.05) is 26.4 Å². The molecule has 0 spiro atoms. The van der Waals surface area contributed by atoms with Gasteiger partial charge in [0.1, 0.15) is 30.3 Å². The van der Waals surface area contributed by atoms with Crippen LogP contribution in [0.2, 0.25) is 0 Å². The van der Waals surface area contributed by atoms with E-state index in [0.717, 1.165) is 5.56 Å². The van der Waals surface area contributed by atoms with E-state index in [1.807, 2.05) is 30.3 Å². The van der Waals surface area contributed by atoms with Crippen molar-refractivity contribution >= 4 is 12.1 Å². The predicted octanol–water partition coefficient (Wildman–Crippen LogP) is 3.39. The number of fused-ring (bicyclic) bond motifs is 1. The maximum absolute atomic E-state index is 12.6. The Labute approximate surface area is 180 Å². The molecule has 8 heteroatoms. The van der Waals surface area contributed by atoms with Gasteiger partial charge in [-0.05, 0) is 17.7 Å². The number of hydrogen-bond acceptors (Lipinski definition) is 7. The van der Waals surface area contributed by atoms with E-state index >= 15 is 0 Å².